The number of benzene rings is 2. The zero-order valence-electron chi connectivity index (χ0n) is 11.7. The van der Waals surface area contributed by atoms with Gasteiger partial charge < -0.3 is 10.1 Å². The second kappa shape index (κ2) is 5.22. The monoisotopic (exact) mass is 381 g/mol. The Kier molecular flexibility index (Phi) is 3.44. The van der Waals surface area contributed by atoms with Gasteiger partial charge in [0.2, 0.25) is 0 Å². The minimum atomic E-state index is -0.499. The van der Waals surface area contributed by atoms with Crippen LogP contribution in [0.5, 0.6) is 5.75 Å². The fourth-order valence-electron chi connectivity index (χ4n) is 3.33. The first-order valence-corrected chi connectivity index (χ1v) is 8.43. The summed E-state index contributed by atoms with van der Waals surface area (Å²) in [5.74, 6) is 0.115. The SMILES string of the molecule is Fc1cc2c(c(Br)c1Cl)C[C@](c1ccccc1)(C1CCN1)O2. The highest BCUT2D eigenvalue weighted by molar-refractivity contribution is 9.10. The molecule has 2 nitrogen and oxygen atoms in total. The highest BCUT2D eigenvalue weighted by Crippen LogP contribution is 2.50. The van der Waals surface area contributed by atoms with Gasteiger partial charge in [-0.1, -0.05) is 41.9 Å². The molecule has 0 saturated carbocycles. The maximum Gasteiger partial charge on any atom is 0.153 e. The summed E-state index contributed by atoms with van der Waals surface area (Å²) in [4.78, 5) is 0. The molecule has 1 unspecified atom stereocenters. The van der Waals surface area contributed by atoms with Crippen LogP contribution >= 0.6 is 27.5 Å². The first kappa shape index (κ1) is 14.5. The topological polar surface area (TPSA) is 21.3 Å². The van der Waals surface area contributed by atoms with Crippen LogP contribution < -0.4 is 10.1 Å². The summed E-state index contributed by atoms with van der Waals surface area (Å²) in [7, 11) is 0. The molecule has 0 aromatic heterocycles. The van der Waals surface area contributed by atoms with E-state index < -0.39 is 11.4 Å². The molecule has 0 spiro atoms. The van der Waals surface area contributed by atoms with Gasteiger partial charge in [0.05, 0.1) is 11.1 Å². The predicted molar refractivity (Wildman–Crippen MR) is 88.0 cm³/mol. The number of hydrogen-bond donors (Lipinski definition) is 1. The zero-order valence-corrected chi connectivity index (χ0v) is 14.0. The molecule has 1 saturated heterocycles. The van der Waals surface area contributed by atoms with Crippen molar-refractivity contribution in [1.82, 2.24) is 5.32 Å². The lowest BCUT2D eigenvalue weighted by molar-refractivity contribution is 0.0189. The van der Waals surface area contributed by atoms with E-state index in [0.29, 0.717) is 16.6 Å². The van der Waals surface area contributed by atoms with E-state index in [4.69, 9.17) is 16.3 Å². The van der Waals surface area contributed by atoms with Gasteiger partial charge in [0.15, 0.2) is 5.60 Å². The number of ether oxygens (including phenoxy) is 1. The third-order valence-electron chi connectivity index (χ3n) is 4.60. The number of nitrogens with one attached hydrogen (secondary N) is 1. The second-order valence-electron chi connectivity index (χ2n) is 5.79. The quantitative estimate of drug-likeness (QED) is 0.776. The van der Waals surface area contributed by atoms with Crippen molar-refractivity contribution >= 4 is 27.5 Å². The molecule has 1 N–H and O–H groups in total. The fraction of sp³-hybridized carbons (Fsp3) is 0.294. The molecule has 1 fully saturated rings. The summed E-state index contributed by atoms with van der Waals surface area (Å²) in [6, 6.07) is 11.7. The van der Waals surface area contributed by atoms with Crippen molar-refractivity contribution in [3.8, 4) is 5.75 Å². The third kappa shape index (κ3) is 2.01. The number of rotatable bonds is 2. The van der Waals surface area contributed by atoms with Crippen molar-refractivity contribution in [2.45, 2.75) is 24.5 Å². The highest BCUT2D eigenvalue weighted by Gasteiger charge is 2.50. The zero-order chi connectivity index (χ0) is 15.3. The van der Waals surface area contributed by atoms with E-state index in [9.17, 15) is 4.39 Å². The maximum absolute atomic E-state index is 13.9. The molecule has 2 aromatic carbocycles. The van der Waals surface area contributed by atoms with Crippen molar-refractivity contribution in [3.63, 3.8) is 0 Å². The first-order valence-electron chi connectivity index (χ1n) is 7.26. The fourth-order valence-corrected chi connectivity index (χ4v) is 4.02. The Hall–Kier alpha value is -1.10. The van der Waals surface area contributed by atoms with Crippen molar-refractivity contribution in [3.05, 3.63) is 62.8 Å². The van der Waals surface area contributed by atoms with E-state index >= 15 is 0 Å². The highest BCUT2D eigenvalue weighted by atomic mass is 79.9. The summed E-state index contributed by atoms with van der Waals surface area (Å²) >= 11 is 9.46. The van der Waals surface area contributed by atoms with Gasteiger partial charge in [0.1, 0.15) is 11.6 Å². The molecule has 114 valence electrons. The molecule has 4 rings (SSSR count). The molecule has 22 heavy (non-hydrogen) atoms. The van der Waals surface area contributed by atoms with Crippen LogP contribution in [-0.2, 0) is 12.0 Å². The van der Waals surface area contributed by atoms with Crippen LogP contribution in [0.3, 0.4) is 0 Å². The molecule has 2 atom stereocenters. The molecule has 5 heteroatoms. The van der Waals surface area contributed by atoms with Gasteiger partial charge >= 0.3 is 0 Å². The van der Waals surface area contributed by atoms with Crippen LogP contribution in [0.2, 0.25) is 5.02 Å². The Morgan fingerprint density at radius 3 is 2.68 bits per heavy atom. The van der Waals surface area contributed by atoms with Crippen LogP contribution in [0.1, 0.15) is 17.5 Å². The van der Waals surface area contributed by atoms with Gasteiger partial charge in [-0.2, -0.15) is 0 Å². The van der Waals surface area contributed by atoms with Crippen LogP contribution in [0.15, 0.2) is 40.9 Å². The van der Waals surface area contributed by atoms with E-state index in [2.05, 4.69) is 33.4 Å². The molecule has 0 aliphatic carbocycles. The molecule has 2 aromatic rings. The predicted octanol–water partition coefficient (Wildman–Crippen LogP) is 4.43. The molecule has 2 aliphatic rings. The lowest BCUT2D eigenvalue weighted by Crippen LogP contribution is -2.59. The smallest absolute Gasteiger partial charge is 0.153 e. The minimum Gasteiger partial charge on any atom is -0.480 e. The van der Waals surface area contributed by atoms with Crippen molar-refractivity contribution in [2.24, 2.45) is 0 Å². The van der Waals surface area contributed by atoms with E-state index in [1.165, 1.54) is 6.07 Å². The minimum absolute atomic E-state index is 0.118. The largest absolute Gasteiger partial charge is 0.480 e. The van der Waals surface area contributed by atoms with E-state index in [1.807, 2.05) is 18.2 Å². The summed E-state index contributed by atoms with van der Waals surface area (Å²) in [5.41, 5.74) is 1.54. The van der Waals surface area contributed by atoms with Gasteiger partial charge in [-0.3, -0.25) is 0 Å². The summed E-state index contributed by atoms with van der Waals surface area (Å²) < 4.78 is 20.8. The van der Waals surface area contributed by atoms with E-state index in [0.717, 1.165) is 24.1 Å². The van der Waals surface area contributed by atoms with Crippen molar-refractivity contribution in [1.29, 1.82) is 0 Å². The average Bonchev–Trinajstić information content (AvgIpc) is 2.84. The molecule has 0 radical (unpaired) electrons. The molecule has 0 bridgehead atoms. The van der Waals surface area contributed by atoms with Gasteiger partial charge in [-0.25, -0.2) is 4.39 Å². The number of halogens is 3. The molecular formula is C17H14BrClFNO. The summed E-state index contributed by atoms with van der Waals surface area (Å²) in [5, 5.41) is 3.56. The molecule has 2 heterocycles. The number of hydrogen-bond acceptors (Lipinski definition) is 2. The van der Waals surface area contributed by atoms with E-state index in [1.54, 1.807) is 0 Å². The average molecular weight is 383 g/mol. The maximum atomic E-state index is 13.9. The van der Waals surface area contributed by atoms with Crippen LogP contribution in [-0.4, -0.2) is 12.6 Å². The van der Waals surface area contributed by atoms with Gasteiger partial charge in [-0.05, 0) is 34.5 Å². The Bertz CT molecular complexity index is 735. The van der Waals surface area contributed by atoms with Crippen molar-refractivity contribution in [2.75, 3.05) is 6.54 Å². The normalized spacial score (nSPS) is 26.2. The first-order chi connectivity index (χ1) is 10.6. The summed E-state index contributed by atoms with van der Waals surface area (Å²) in [6.07, 6.45) is 1.71. The van der Waals surface area contributed by atoms with Crippen LogP contribution in [0, 0.1) is 5.82 Å². The second-order valence-corrected chi connectivity index (χ2v) is 6.96. The van der Waals surface area contributed by atoms with Crippen molar-refractivity contribution < 1.29 is 9.13 Å². The van der Waals surface area contributed by atoms with Gasteiger partial charge in [0, 0.05) is 22.5 Å². The summed E-state index contributed by atoms with van der Waals surface area (Å²) in [6.45, 7) is 0.981. The number of fused-ring (bicyclic) bond motifs is 1. The van der Waals surface area contributed by atoms with Gasteiger partial charge in [0.25, 0.3) is 0 Å². The van der Waals surface area contributed by atoms with E-state index in [-0.39, 0.29) is 11.1 Å². The molecule has 2 aliphatic heterocycles. The molecule has 0 amide bonds. The Balaban J connectivity index is 1.84. The molecular weight excluding hydrogens is 369 g/mol. The van der Waals surface area contributed by atoms with Crippen LogP contribution in [0.25, 0.3) is 0 Å². The standard InChI is InChI=1S/C17H14BrClFNO/c18-15-11-9-17(14-6-7-21-14,10-4-2-1-3-5-10)22-13(11)8-12(20)16(15)19/h1-5,8,14,21H,6-7,9H2/t14?,17-/m0/s1. The van der Waals surface area contributed by atoms with Crippen LogP contribution in [0.4, 0.5) is 4.39 Å². The van der Waals surface area contributed by atoms with Gasteiger partial charge in [-0.15, -0.1) is 0 Å². The third-order valence-corrected chi connectivity index (χ3v) is 6.08. The Labute approximate surface area is 141 Å². The lowest BCUT2D eigenvalue weighted by atomic mass is 9.78. The Morgan fingerprint density at radius 2 is 2.05 bits per heavy atom. The Morgan fingerprint density at radius 1 is 1.32 bits per heavy atom. The lowest BCUT2D eigenvalue weighted by Gasteiger charge is -2.43.